The van der Waals surface area contributed by atoms with E-state index in [-0.39, 0.29) is 0 Å². The van der Waals surface area contributed by atoms with Crippen LogP contribution in [0.4, 0.5) is 4.79 Å². The molecule has 0 radical (unpaired) electrons. The van der Waals surface area contributed by atoms with E-state index < -0.39 is 12.4 Å². The number of methoxy groups -OCH3 is 1. The third-order valence-electron chi connectivity index (χ3n) is 1.27. The first kappa shape index (κ1) is 11.2. The molecular formula is C8H16O4. The Bertz CT molecular complexity index is 118. The minimum atomic E-state index is -0.693. The molecule has 0 fully saturated rings. The molecule has 0 rings (SSSR count). The minimum absolute atomic E-state index is 0.465. The maximum Gasteiger partial charge on any atom is 0.510 e. The van der Waals surface area contributed by atoms with Gasteiger partial charge in [0.25, 0.3) is 0 Å². The zero-order chi connectivity index (χ0) is 9.40. The summed E-state index contributed by atoms with van der Waals surface area (Å²) < 4.78 is 14.3. The van der Waals surface area contributed by atoms with E-state index in [0.29, 0.717) is 13.0 Å². The van der Waals surface area contributed by atoms with Crippen LogP contribution in [0.25, 0.3) is 0 Å². The van der Waals surface area contributed by atoms with Crippen LogP contribution in [0, 0.1) is 0 Å². The van der Waals surface area contributed by atoms with Gasteiger partial charge in [0.15, 0.2) is 0 Å². The first-order valence-electron chi connectivity index (χ1n) is 4.10. The van der Waals surface area contributed by atoms with Crippen molar-refractivity contribution in [3.8, 4) is 0 Å². The van der Waals surface area contributed by atoms with Crippen LogP contribution in [0.3, 0.4) is 0 Å². The number of ether oxygens (including phenoxy) is 3. The second kappa shape index (κ2) is 6.91. The maximum atomic E-state index is 10.6. The molecule has 0 aliphatic carbocycles. The molecule has 1 atom stereocenters. The third kappa shape index (κ3) is 4.96. The van der Waals surface area contributed by atoms with Crippen molar-refractivity contribution in [2.75, 3.05) is 13.7 Å². The predicted molar refractivity (Wildman–Crippen MR) is 43.8 cm³/mol. The summed E-state index contributed by atoms with van der Waals surface area (Å²) in [6.45, 7) is 4.37. The largest absolute Gasteiger partial charge is 0.510 e. The molecule has 0 aromatic heterocycles. The van der Waals surface area contributed by atoms with E-state index in [9.17, 15) is 4.79 Å². The van der Waals surface area contributed by atoms with Gasteiger partial charge in [-0.25, -0.2) is 4.79 Å². The van der Waals surface area contributed by atoms with Crippen molar-refractivity contribution in [1.29, 1.82) is 0 Å². The Morgan fingerprint density at radius 3 is 2.50 bits per heavy atom. The van der Waals surface area contributed by atoms with Crippen molar-refractivity contribution in [1.82, 2.24) is 0 Å². The molecule has 72 valence electrons. The zero-order valence-electron chi connectivity index (χ0n) is 7.83. The second-order valence-corrected chi connectivity index (χ2v) is 2.25. The molecule has 0 aromatic carbocycles. The van der Waals surface area contributed by atoms with E-state index in [1.54, 1.807) is 0 Å². The molecule has 0 amide bonds. The Kier molecular flexibility index (Phi) is 6.47. The highest BCUT2D eigenvalue weighted by atomic mass is 16.8. The summed E-state index contributed by atoms with van der Waals surface area (Å²) in [4.78, 5) is 10.6. The highest BCUT2D eigenvalue weighted by molar-refractivity contribution is 5.59. The molecule has 0 N–H and O–H groups in total. The fourth-order valence-electron chi connectivity index (χ4n) is 0.753. The zero-order valence-corrected chi connectivity index (χ0v) is 7.83. The molecule has 0 aliphatic heterocycles. The molecule has 0 spiro atoms. The van der Waals surface area contributed by atoms with Gasteiger partial charge in [-0.1, -0.05) is 13.3 Å². The number of rotatable bonds is 5. The van der Waals surface area contributed by atoms with E-state index in [1.165, 1.54) is 7.11 Å². The minimum Gasteiger partial charge on any atom is -0.438 e. The molecule has 12 heavy (non-hydrogen) atoms. The van der Waals surface area contributed by atoms with Crippen molar-refractivity contribution in [2.24, 2.45) is 0 Å². The Balaban J connectivity index is 3.68. The topological polar surface area (TPSA) is 44.8 Å². The lowest BCUT2D eigenvalue weighted by Crippen LogP contribution is -2.21. The first-order valence-corrected chi connectivity index (χ1v) is 4.10. The van der Waals surface area contributed by atoms with Crippen LogP contribution in [0.2, 0.25) is 0 Å². The van der Waals surface area contributed by atoms with Gasteiger partial charge in [-0.15, -0.1) is 0 Å². The van der Waals surface area contributed by atoms with Gasteiger partial charge in [-0.3, -0.25) is 0 Å². The van der Waals surface area contributed by atoms with Gasteiger partial charge in [-0.2, -0.15) is 0 Å². The lowest BCUT2D eigenvalue weighted by atomic mass is 10.3. The van der Waals surface area contributed by atoms with E-state index >= 15 is 0 Å². The highest BCUT2D eigenvalue weighted by Gasteiger charge is 2.12. The van der Waals surface area contributed by atoms with Crippen LogP contribution in [-0.2, 0) is 14.2 Å². The summed E-state index contributed by atoms with van der Waals surface area (Å²) in [7, 11) is 1.28. The summed E-state index contributed by atoms with van der Waals surface area (Å²) >= 11 is 0. The van der Waals surface area contributed by atoms with Gasteiger partial charge in [0.2, 0.25) is 6.29 Å². The normalized spacial score (nSPS) is 12.2. The van der Waals surface area contributed by atoms with Crippen LogP contribution < -0.4 is 0 Å². The van der Waals surface area contributed by atoms with Gasteiger partial charge in [0, 0.05) is 13.0 Å². The highest BCUT2D eigenvalue weighted by Crippen LogP contribution is 2.04. The average Bonchev–Trinajstić information content (AvgIpc) is 2.05. The Morgan fingerprint density at radius 2 is 2.08 bits per heavy atom. The monoisotopic (exact) mass is 176 g/mol. The van der Waals surface area contributed by atoms with E-state index in [1.807, 2.05) is 13.8 Å². The predicted octanol–water partition coefficient (Wildman–Crippen LogP) is 1.93. The summed E-state index contributed by atoms with van der Waals surface area (Å²) in [6.07, 6.45) is 0.444. The quantitative estimate of drug-likeness (QED) is 0.474. The molecule has 0 aliphatic rings. The lowest BCUT2D eigenvalue weighted by Gasteiger charge is -2.15. The molecule has 1 unspecified atom stereocenters. The number of carbonyl (C=O) groups is 1. The van der Waals surface area contributed by atoms with Crippen molar-refractivity contribution in [2.45, 2.75) is 33.0 Å². The molecule has 4 heteroatoms. The summed E-state index contributed by atoms with van der Waals surface area (Å²) in [5.74, 6) is 0. The van der Waals surface area contributed by atoms with Crippen molar-refractivity contribution < 1.29 is 19.0 Å². The fraction of sp³-hybridized carbons (Fsp3) is 0.875. The Hall–Kier alpha value is -0.770. The van der Waals surface area contributed by atoms with Gasteiger partial charge in [0.05, 0.1) is 7.11 Å². The fourth-order valence-corrected chi connectivity index (χ4v) is 0.753. The van der Waals surface area contributed by atoms with Crippen LogP contribution in [0.15, 0.2) is 0 Å². The van der Waals surface area contributed by atoms with Crippen LogP contribution in [0.5, 0.6) is 0 Å². The summed E-state index contributed by atoms with van der Waals surface area (Å²) in [5, 5.41) is 0. The number of hydrogen-bond donors (Lipinski definition) is 0. The summed E-state index contributed by atoms with van der Waals surface area (Å²) in [5.41, 5.74) is 0. The standard InChI is InChI=1S/C8H16O4/c1-4-6-7(11-5-2)12-8(9)10-3/h7H,4-6H2,1-3H3. The second-order valence-electron chi connectivity index (χ2n) is 2.25. The third-order valence-corrected chi connectivity index (χ3v) is 1.27. The van der Waals surface area contributed by atoms with Gasteiger partial charge in [0.1, 0.15) is 0 Å². The van der Waals surface area contributed by atoms with E-state index in [4.69, 9.17) is 9.47 Å². The van der Waals surface area contributed by atoms with E-state index in [2.05, 4.69) is 4.74 Å². The smallest absolute Gasteiger partial charge is 0.438 e. The lowest BCUT2D eigenvalue weighted by molar-refractivity contribution is -0.119. The molecule has 4 nitrogen and oxygen atoms in total. The molecule has 0 aromatic rings. The molecular weight excluding hydrogens is 160 g/mol. The average molecular weight is 176 g/mol. The maximum absolute atomic E-state index is 10.6. The van der Waals surface area contributed by atoms with Crippen LogP contribution in [-0.4, -0.2) is 26.2 Å². The van der Waals surface area contributed by atoms with Gasteiger partial charge in [-0.05, 0) is 6.92 Å². The van der Waals surface area contributed by atoms with Crippen molar-refractivity contribution >= 4 is 6.16 Å². The Labute approximate surface area is 72.8 Å². The van der Waals surface area contributed by atoms with Gasteiger partial charge < -0.3 is 14.2 Å². The van der Waals surface area contributed by atoms with Gasteiger partial charge >= 0.3 is 6.16 Å². The first-order chi connectivity index (χ1) is 5.74. The van der Waals surface area contributed by atoms with Crippen LogP contribution >= 0.6 is 0 Å². The number of carbonyl (C=O) groups excluding carboxylic acids is 1. The molecule has 0 saturated heterocycles. The van der Waals surface area contributed by atoms with Crippen molar-refractivity contribution in [3.63, 3.8) is 0 Å². The summed E-state index contributed by atoms with van der Waals surface area (Å²) in [6, 6.07) is 0. The van der Waals surface area contributed by atoms with Crippen LogP contribution in [0.1, 0.15) is 26.7 Å². The number of hydrogen-bond acceptors (Lipinski definition) is 4. The van der Waals surface area contributed by atoms with E-state index in [0.717, 1.165) is 6.42 Å². The molecule has 0 heterocycles. The van der Waals surface area contributed by atoms with Crippen molar-refractivity contribution in [3.05, 3.63) is 0 Å². The molecule has 0 bridgehead atoms. The SMILES string of the molecule is CCCC(OCC)OC(=O)OC. The molecule has 0 saturated carbocycles. The Morgan fingerprint density at radius 1 is 1.42 bits per heavy atom.